The molecule has 1 aromatic heterocycles. The maximum Gasteiger partial charge on any atom is 0.223 e. The van der Waals surface area contributed by atoms with E-state index < -0.39 is 0 Å². The lowest BCUT2D eigenvalue weighted by Crippen LogP contribution is -2.31. The third-order valence-corrected chi connectivity index (χ3v) is 4.21. The molecule has 1 saturated heterocycles. The van der Waals surface area contributed by atoms with E-state index >= 15 is 0 Å². The van der Waals surface area contributed by atoms with Gasteiger partial charge in [-0.25, -0.2) is 0 Å². The summed E-state index contributed by atoms with van der Waals surface area (Å²) in [6, 6.07) is 2.12. The lowest BCUT2D eigenvalue weighted by molar-refractivity contribution is -0.129. The molecule has 1 atom stereocenters. The molecule has 0 N–H and O–H groups in total. The monoisotopic (exact) mass is 221 g/mol. The largest absolute Gasteiger partial charge is 0.335 e. The summed E-state index contributed by atoms with van der Waals surface area (Å²) in [6.07, 6.45) is 1.97. The van der Waals surface area contributed by atoms with Crippen LogP contribution in [0, 0.1) is 0 Å². The Bertz CT molecular complexity index is 438. The van der Waals surface area contributed by atoms with Gasteiger partial charge in [-0.15, -0.1) is 11.3 Å². The number of hydrogen-bond acceptors (Lipinski definition) is 3. The standard InChI is InChI=1S/C11H11NO2S/c13-9-5-8-1-2-10(14)12(8)6-7-3-4-15-11(7)9/h3-4,8H,1-2,5-6H2. The van der Waals surface area contributed by atoms with E-state index in [2.05, 4.69) is 0 Å². The predicted molar refractivity (Wildman–Crippen MR) is 56.8 cm³/mol. The van der Waals surface area contributed by atoms with Gasteiger partial charge >= 0.3 is 0 Å². The van der Waals surface area contributed by atoms with E-state index in [1.165, 1.54) is 11.3 Å². The second-order valence-electron chi connectivity index (χ2n) is 4.12. The molecule has 1 fully saturated rings. The minimum atomic E-state index is 0.157. The van der Waals surface area contributed by atoms with Crippen LogP contribution in [0.1, 0.15) is 34.5 Å². The van der Waals surface area contributed by atoms with Crippen LogP contribution in [0.5, 0.6) is 0 Å². The second kappa shape index (κ2) is 3.17. The first kappa shape index (κ1) is 9.09. The number of ketones is 1. The van der Waals surface area contributed by atoms with Crippen molar-refractivity contribution in [3.8, 4) is 0 Å². The smallest absolute Gasteiger partial charge is 0.223 e. The zero-order valence-corrected chi connectivity index (χ0v) is 9.05. The Morgan fingerprint density at radius 1 is 1.40 bits per heavy atom. The fraction of sp³-hybridized carbons (Fsp3) is 0.455. The Kier molecular flexibility index (Phi) is 1.92. The number of fused-ring (bicyclic) bond motifs is 2. The number of hydrogen-bond donors (Lipinski definition) is 0. The molecule has 0 aromatic carbocycles. The van der Waals surface area contributed by atoms with Crippen molar-refractivity contribution >= 4 is 23.0 Å². The number of amides is 1. The molecule has 3 rings (SSSR count). The predicted octanol–water partition coefficient (Wildman–Crippen LogP) is 1.83. The van der Waals surface area contributed by atoms with Gasteiger partial charge in [0.1, 0.15) is 0 Å². The minimum absolute atomic E-state index is 0.157. The first-order chi connectivity index (χ1) is 7.25. The second-order valence-corrected chi connectivity index (χ2v) is 5.03. The first-order valence-electron chi connectivity index (χ1n) is 5.15. The van der Waals surface area contributed by atoms with Crippen molar-refractivity contribution in [3.05, 3.63) is 21.9 Å². The van der Waals surface area contributed by atoms with E-state index in [0.29, 0.717) is 19.4 Å². The minimum Gasteiger partial charge on any atom is -0.335 e. The number of nitrogens with zero attached hydrogens (tertiary/aromatic N) is 1. The SMILES string of the molecule is O=C1CC2CCC(=O)N2Cc2ccsc21. The van der Waals surface area contributed by atoms with E-state index in [1.807, 2.05) is 16.3 Å². The summed E-state index contributed by atoms with van der Waals surface area (Å²) in [5.41, 5.74) is 1.03. The summed E-state index contributed by atoms with van der Waals surface area (Å²) in [6.45, 7) is 0.633. The van der Waals surface area contributed by atoms with Crippen LogP contribution in [0.4, 0.5) is 0 Å². The lowest BCUT2D eigenvalue weighted by Gasteiger charge is -2.21. The highest BCUT2D eigenvalue weighted by molar-refractivity contribution is 7.12. The highest BCUT2D eigenvalue weighted by Gasteiger charge is 2.36. The van der Waals surface area contributed by atoms with Gasteiger partial charge in [0.15, 0.2) is 5.78 Å². The van der Waals surface area contributed by atoms with Crippen LogP contribution in [-0.4, -0.2) is 22.6 Å². The molecule has 1 amide bonds. The van der Waals surface area contributed by atoms with Gasteiger partial charge in [0.2, 0.25) is 5.91 Å². The van der Waals surface area contributed by atoms with Gasteiger partial charge in [-0.05, 0) is 23.4 Å². The van der Waals surface area contributed by atoms with E-state index in [9.17, 15) is 9.59 Å². The van der Waals surface area contributed by atoms with E-state index in [1.54, 1.807) is 0 Å². The summed E-state index contributed by atoms with van der Waals surface area (Å²) < 4.78 is 0. The molecule has 2 aliphatic rings. The molecule has 2 aliphatic heterocycles. The van der Waals surface area contributed by atoms with Crippen LogP contribution >= 0.6 is 11.3 Å². The first-order valence-corrected chi connectivity index (χ1v) is 6.02. The van der Waals surface area contributed by atoms with Crippen LogP contribution in [0.2, 0.25) is 0 Å². The average Bonchev–Trinajstić information content (AvgIpc) is 2.76. The number of carbonyl (C=O) groups excluding carboxylic acids is 2. The fourth-order valence-corrected chi connectivity index (χ4v) is 3.28. The van der Waals surface area contributed by atoms with E-state index in [-0.39, 0.29) is 17.7 Å². The lowest BCUT2D eigenvalue weighted by atomic mass is 10.1. The van der Waals surface area contributed by atoms with Gasteiger partial charge in [-0.1, -0.05) is 0 Å². The number of Topliss-reactive ketones (excluding diaryl/α,β-unsaturated/α-hetero) is 1. The van der Waals surface area contributed by atoms with Crippen molar-refractivity contribution in [1.82, 2.24) is 4.90 Å². The molecule has 4 heteroatoms. The highest BCUT2D eigenvalue weighted by Crippen LogP contribution is 2.32. The zero-order chi connectivity index (χ0) is 10.4. The van der Waals surface area contributed by atoms with Crippen molar-refractivity contribution in [3.63, 3.8) is 0 Å². The molecule has 3 heterocycles. The molecular weight excluding hydrogens is 210 g/mol. The maximum atomic E-state index is 11.9. The summed E-state index contributed by atoms with van der Waals surface area (Å²) in [5.74, 6) is 0.411. The third-order valence-electron chi connectivity index (χ3n) is 3.21. The Labute approximate surface area is 91.7 Å². The van der Waals surface area contributed by atoms with Crippen LogP contribution in [0.3, 0.4) is 0 Å². The van der Waals surface area contributed by atoms with Crippen LogP contribution in [-0.2, 0) is 11.3 Å². The number of rotatable bonds is 0. The van der Waals surface area contributed by atoms with Gasteiger partial charge < -0.3 is 4.90 Å². The molecule has 0 bridgehead atoms. The number of thiophene rings is 1. The Hall–Kier alpha value is -1.16. The van der Waals surface area contributed by atoms with Crippen molar-refractivity contribution in [2.45, 2.75) is 31.8 Å². The van der Waals surface area contributed by atoms with Crippen LogP contribution in [0.25, 0.3) is 0 Å². The molecular formula is C11H11NO2S. The molecule has 0 spiro atoms. The molecule has 1 unspecified atom stereocenters. The topological polar surface area (TPSA) is 37.4 Å². The molecule has 78 valence electrons. The average molecular weight is 221 g/mol. The maximum absolute atomic E-state index is 11.9. The van der Waals surface area contributed by atoms with Crippen molar-refractivity contribution in [2.75, 3.05) is 0 Å². The summed E-state index contributed by atoms with van der Waals surface area (Å²) >= 11 is 1.50. The van der Waals surface area contributed by atoms with Gasteiger partial charge in [0, 0.05) is 25.4 Å². The highest BCUT2D eigenvalue weighted by atomic mass is 32.1. The van der Waals surface area contributed by atoms with Crippen molar-refractivity contribution < 1.29 is 9.59 Å². The Balaban J connectivity index is 2.02. The van der Waals surface area contributed by atoms with Gasteiger partial charge in [0.25, 0.3) is 0 Å². The van der Waals surface area contributed by atoms with Crippen LogP contribution < -0.4 is 0 Å². The summed E-state index contributed by atoms with van der Waals surface area (Å²) in [7, 11) is 0. The molecule has 3 nitrogen and oxygen atoms in total. The third kappa shape index (κ3) is 1.32. The normalized spacial score (nSPS) is 25.1. The molecule has 0 aliphatic carbocycles. The van der Waals surface area contributed by atoms with Gasteiger partial charge in [-0.2, -0.15) is 0 Å². The van der Waals surface area contributed by atoms with E-state index in [4.69, 9.17) is 0 Å². The van der Waals surface area contributed by atoms with Gasteiger partial charge in [0.05, 0.1) is 4.88 Å². The molecule has 1 aromatic rings. The van der Waals surface area contributed by atoms with Crippen LogP contribution in [0.15, 0.2) is 11.4 Å². The summed E-state index contributed by atoms with van der Waals surface area (Å²) in [4.78, 5) is 26.2. The number of carbonyl (C=O) groups is 2. The Morgan fingerprint density at radius 2 is 2.27 bits per heavy atom. The zero-order valence-electron chi connectivity index (χ0n) is 8.23. The van der Waals surface area contributed by atoms with E-state index in [0.717, 1.165) is 16.9 Å². The quantitative estimate of drug-likeness (QED) is 0.670. The van der Waals surface area contributed by atoms with Crippen molar-refractivity contribution in [1.29, 1.82) is 0 Å². The Morgan fingerprint density at radius 3 is 3.13 bits per heavy atom. The fourth-order valence-electron chi connectivity index (χ4n) is 2.42. The molecule has 0 saturated carbocycles. The van der Waals surface area contributed by atoms with Gasteiger partial charge in [-0.3, -0.25) is 9.59 Å². The molecule has 15 heavy (non-hydrogen) atoms. The molecule has 0 radical (unpaired) electrons. The van der Waals surface area contributed by atoms with Crippen molar-refractivity contribution in [2.24, 2.45) is 0 Å². The summed E-state index contributed by atoms with van der Waals surface area (Å²) in [5, 5.41) is 1.93.